The number of nitrogens with one attached hydrogen (secondary N) is 1. The molecule has 0 bridgehead atoms. The summed E-state index contributed by atoms with van der Waals surface area (Å²) in [5.74, 6) is -0.0377. The maximum atomic E-state index is 12.4. The van der Waals surface area contributed by atoms with Gasteiger partial charge in [-0.3, -0.25) is 4.79 Å². The van der Waals surface area contributed by atoms with Crippen LogP contribution in [-0.2, 0) is 0 Å². The number of Topliss-reactive ketones (excluding diaryl/α,β-unsaturated/α-hetero) is 1. The summed E-state index contributed by atoms with van der Waals surface area (Å²) < 4.78 is 2.01. The summed E-state index contributed by atoms with van der Waals surface area (Å²) in [5, 5.41) is 3.67. The number of carbonyl (C=O) groups is 1. The Kier molecular flexibility index (Phi) is 5.37. The molecule has 0 spiro atoms. The second kappa shape index (κ2) is 8.09. The molecule has 4 nitrogen and oxygen atoms in total. The zero-order valence-electron chi connectivity index (χ0n) is 15.2. The van der Waals surface area contributed by atoms with Crippen LogP contribution in [0.25, 0.3) is 5.65 Å². The van der Waals surface area contributed by atoms with E-state index in [1.165, 1.54) is 5.56 Å². The smallest absolute Gasteiger partial charge is 0.183 e. The summed E-state index contributed by atoms with van der Waals surface area (Å²) in [6, 6.07) is 17.2. The molecule has 0 unspecified atom stereocenters. The van der Waals surface area contributed by atoms with Crippen molar-refractivity contribution in [2.24, 2.45) is 0 Å². The molecule has 4 rings (SSSR count). The Balaban J connectivity index is 1.47. The molecule has 0 radical (unpaired) electrons. The van der Waals surface area contributed by atoms with E-state index in [9.17, 15) is 4.79 Å². The van der Waals surface area contributed by atoms with E-state index in [4.69, 9.17) is 11.6 Å². The van der Waals surface area contributed by atoms with Gasteiger partial charge in [0.1, 0.15) is 5.65 Å². The lowest BCUT2D eigenvalue weighted by atomic mass is 10.1. The molecule has 28 heavy (non-hydrogen) atoms. The normalized spacial score (nSPS) is 10.9. The van der Waals surface area contributed by atoms with Crippen molar-refractivity contribution in [2.75, 3.05) is 11.9 Å². The quantitative estimate of drug-likeness (QED) is 0.414. The van der Waals surface area contributed by atoms with Crippen LogP contribution in [0, 0.1) is 6.92 Å². The Labute approximate surface area is 172 Å². The van der Waals surface area contributed by atoms with Crippen LogP contribution in [0.5, 0.6) is 0 Å². The highest BCUT2D eigenvalue weighted by Gasteiger charge is 2.10. The van der Waals surface area contributed by atoms with Gasteiger partial charge in [-0.15, -0.1) is 0 Å². The van der Waals surface area contributed by atoms with Gasteiger partial charge in [0, 0.05) is 39.6 Å². The number of halogens is 1. The zero-order valence-corrected chi connectivity index (χ0v) is 16.8. The van der Waals surface area contributed by atoms with E-state index in [-0.39, 0.29) is 12.3 Å². The van der Waals surface area contributed by atoms with E-state index in [2.05, 4.69) is 35.6 Å². The number of anilines is 1. The molecule has 0 amide bonds. The Hall–Kier alpha value is -2.76. The van der Waals surface area contributed by atoms with Crippen molar-refractivity contribution in [1.29, 1.82) is 0 Å². The summed E-state index contributed by atoms with van der Waals surface area (Å²) in [6.45, 7) is 2.28. The molecule has 0 aliphatic rings. The van der Waals surface area contributed by atoms with Gasteiger partial charge in [-0.2, -0.15) is 0 Å². The SMILES string of the molecule is Cc1cn2ccnc2cc1Sc1cccc(NCC(=O)c2ccccc2Cl)c1. The van der Waals surface area contributed by atoms with Crippen molar-refractivity contribution in [3.63, 3.8) is 0 Å². The van der Waals surface area contributed by atoms with Gasteiger partial charge in [-0.25, -0.2) is 4.98 Å². The lowest BCUT2D eigenvalue weighted by Gasteiger charge is -2.10. The fourth-order valence-electron chi connectivity index (χ4n) is 2.92. The summed E-state index contributed by atoms with van der Waals surface area (Å²) in [5.41, 5.74) is 3.53. The molecule has 0 aliphatic carbocycles. The van der Waals surface area contributed by atoms with Crippen molar-refractivity contribution in [3.8, 4) is 0 Å². The van der Waals surface area contributed by atoms with Crippen molar-refractivity contribution in [2.45, 2.75) is 16.7 Å². The molecule has 0 saturated carbocycles. The number of hydrogen-bond donors (Lipinski definition) is 1. The predicted molar refractivity (Wildman–Crippen MR) is 115 cm³/mol. The third kappa shape index (κ3) is 4.06. The van der Waals surface area contributed by atoms with Crippen LogP contribution in [0.3, 0.4) is 0 Å². The van der Waals surface area contributed by atoms with Crippen LogP contribution in [0.15, 0.2) is 83.0 Å². The highest BCUT2D eigenvalue weighted by atomic mass is 35.5. The minimum atomic E-state index is -0.0377. The summed E-state index contributed by atoms with van der Waals surface area (Å²) in [4.78, 5) is 19.0. The number of ketones is 1. The molecular weight excluding hydrogens is 390 g/mol. The Morgan fingerprint density at radius 1 is 1.18 bits per heavy atom. The van der Waals surface area contributed by atoms with E-state index in [1.54, 1.807) is 30.1 Å². The number of carbonyl (C=O) groups excluding carboxylic acids is 1. The van der Waals surface area contributed by atoms with Crippen molar-refractivity contribution >= 4 is 40.5 Å². The molecule has 140 valence electrons. The first kappa shape index (κ1) is 18.6. The van der Waals surface area contributed by atoms with E-state index >= 15 is 0 Å². The molecule has 0 saturated heterocycles. The van der Waals surface area contributed by atoms with Crippen molar-refractivity contribution in [1.82, 2.24) is 9.38 Å². The maximum Gasteiger partial charge on any atom is 0.183 e. The number of rotatable bonds is 6. The van der Waals surface area contributed by atoms with Gasteiger partial charge in [0.25, 0.3) is 0 Å². The zero-order chi connectivity index (χ0) is 19.5. The van der Waals surface area contributed by atoms with Crippen LogP contribution in [-0.4, -0.2) is 21.7 Å². The van der Waals surface area contributed by atoms with Gasteiger partial charge >= 0.3 is 0 Å². The van der Waals surface area contributed by atoms with Crippen LogP contribution in [0.2, 0.25) is 5.02 Å². The Bertz CT molecular complexity index is 1160. The topological polar surface area (TPSA) is 46.4 Å². The van der Waals surface area contributed by atoms with E-state index in [0.29, 0.717) is 10.6 Å². The number of aromatic nitrogens is 2. The van der Waals surface area contributed by atoms with Crippen LogP contribution < -0.4 is 5.32 Å². The number of pyridine rings is 1. The summed E-state index contributed by atoms with van der Waals surface area (Å²) >= 11 is 7.79. The van der Waals surface area contributed by atoms with Crippen LogP contribution in [0.1, 0.15) is 15.9 Å². The average molecular weight is 408 g/mol. The van der Waals surface area contributed by atoms with E-state index in [1.807, 2.05) is 40.9 Å². The fraction of sp³-hybridized carbons (Fsp3) is 0.0909. The summed E-state index contributed by atoms with van der Waals surface area (Å²) in [6.07, 6.45) is 5.82. The molecule has 2 aromatic carbocycles. The monoisotopic (exact) mass is 407 g/mol. The number of aryl methyl sites for hydroxylation is 1. The molecule has 0 atom stereocenters. The second-order valence-corrected chi connectivity index (χ2v) is 7.92. The van der Waals surface area contributed by atoms with E-state index < -0.39 is 0 Å². The third-order valence-corrected chi connectivity index (χ3v) is 5.85. The first-order valence-electron chi connectivity index (χ1n) is 8.83. The molecule has 0 aliphatic heterocycles. The average Bonchev–Trinajstić information content (AvgIpc) is 3.14. The van der Waals surface area contributed by atoms with Gasteiger partial charge in [-0.05, 0) is 48.9 Å². The second-order valence-electron chi connectivity index (χ2n) is 6.40. The predicted octanol–water partition coefficient (Wildman–Crippen LogP) is 5.74. The lowest BCUT2D eigenvalue weighted by Crippen LogP contribution is -2.14. The molecular formula is C22H18ClN3OS. The number of benzene rings is 2. The van der Waals surface area contributed by atoms with Crippen molar-refractivity contribution < 1.29 is 4.79 Å². The minimum absolute atomic E-state index is 0.0377. The first-order chi connectivity index (χ1) is 13.6. The van der Waals surface area contributed by atoms with Gasteiger partial charge in [0.05, 0.1) is 11.6 Å². The van der Waals surface area contributed by atoms with Crippen molar-refractivity contribution in [3.05, 3.63) is 89.3 Å². The Morgan fingerprint density at radius 2 is 2.04 bits per heavy atom. The molecule has 0 fully saturated rings. The van der Waals surface area contributed by atoms with Gasteiger partial charge in [-0.1, -0.05) is 41.6 Å². The highest BCUT2D eigenvalue weighted by molar-refractivity contribution is 7.99. The van der Waals surface area contributed by atoms with Gasteiger partial charge in [0.2, 0.25) is 0 Å². The number of nitrogens with zero attached hydrogens (tertiary/aromatic N) is 2. The first-order valence-corrected chi connectivity index (χ1v) is 10.0. The van der Waals surface area contributed by atoms with Gasteiger partial charge in [0.15, 0.2) is 5.78 Å². The molecule has 2 aromatic heterocycles. The number of imidazole rings is 1. The maximum absolute atomic E-state index is 12.4. The molecule has 6 heteroatoms. The largest absolute Gasteiger partial charge is 0.378 e. The van der Waals surface area contributed by atoms with Crippen LogP contribution in [0.4, 0.5) is 5.69 Å². The van der Waals surface area contributed by atoms with Gasteiger partial charge < -0.3 is 9.72 Å². The number of hydrogen-bond acceptors (Lipinski definition) is 4. The third-order valence-electron chi connectivity index (χ3n) is 4.37. The van der Waals surface area contributed by atoms with Crippen LogP contribution >= 0.6 is 23.4 Å². The highest BCUT2D eigenvalue weighted by Crippen LogP contribution is 2.32. The number of fused-ring (bicyclic) bond motifs is 1. The molecule has 1 N–H and O–H groups in total. The lowest BCUT2D eigenvalue weighted by molar-refractivity contribution is 0.101. The molecule has 2 heterocycles. The molecule has 4 aromatic rings. The minimum Gasteiger partial charge on any atom is -0.378 e. The summed E-state index contributed by atoms with van der Waals surface area (Å²) in [7, 11) is 0. The Morgan fingerprint density at radius 3 is 2.89 bits per heavy atom. The van der Waals surface area contributed by atoms with E-state index in [0.717, 1.165) is 21.1 Å². The standard InChI is InChI=1S/C22H18ClN3OS/c1-15-14-26-10-9-24-22(26)12-21(15)28-17-6-4-5-16(11-17)25-13-20(27)18-7-2-3-8-19(18)23/h2-12,14,25H,13H2,1H3. The fourth-order valence-corrected chi connectivity index (χ4v) is 4.13.